The largest absolute Gasteiger partial charge is 0.480 e. The summed E-state index contributed by atoms with van der Waals surface area (Å²) in [4.78, 5) is 11.0. The summed E-state index contributed by atoms with van der Waals surface area (Å²) in [6, 6.07) is 4.82. The Bertz CT molecular complexity index is 355. The van der Waals surface area contributed by atoms with Gasteiger partial charge in [-0.3, -0.25) is 0 Å². The molecule has 5 heteroatoms. The number of carbonyl (C=O) groups excluding carboxylic acids is 1. The zero-order valence-electron chi connectivity index (χ0n) is 8.33. The van der Waals surface area contributed by atoms with Crippen molar-refractivity contribution < 1.29 is 14.3 Å². The topological polar surface area (TPSA) is 61.5 Å². The van der Waals surface area contributed by atoms with Crippen molar-refractivity contribution in [2.75, 3.05) is 18.9 Å². The Hall–Kier alpha value is -1.42. The number of benzene rings is 1. The molecule has 0 aliphatic carbocycles. The second kappa shape index (κ2) is 5.46. The number of rotatable bonds is 4. The van der Waals surface area contributed by atoms with Gasteiger partial charge in [-0.2, -0.15) is 0 Å². The van der Waals surface area contributed by atoms with E-state index in [1.165, 1.54) is 0 Å². The van der Waals surface area contributed by atoms with Gasteiger partial charge in [0, 0.05) is 11.8 Å². The van der Waals surface area contributed by atoms with Gasteiger partial charge in [0.05, 0.1) is 11.6 Å². The van der Waals surface area contributed by atoms with Gasteiger partial charge in [-0.05, 0) is 19.1 Å². The number of carbonyl (C=O) groups is 1. The molecular formula is C10H12ClNO3. The summed E-state index contributed by atoms with van der Waals surface area (Å²) in [6.07, 6.45) is 0. The number of nitrogens with two attached hydrogens (primary N) is 1. The Morgan fingerprint density at radius 3 is 2.93 bits per heavy atom. The number of nitrogen functional groups attached to an aromatic ring is 1. The summed E-state index contributed by atoms with van der Waals surface area (Å²) in [5.74, 6) is -0.0549. The lowest BCUT2D eigenvalue weighted by Gasteiger charge is -2.07. The monoisotopic (exact) mass is 229 g/mol. The van der Waals surface area contributed by atoms with Gasteiger partial charge in [0.1, 0.15) is 5.75 Å². The molecule has 0 bridgehead atoms. The standard InChI is InChI=1S/C10H12ClNO3/c1-2-14-10(13)6-15-9-5-7(12)3-4-8(9)11/h3-5H,2,6,12H2,1H3. The maximum absolute atomic E-state index is 11.0. The van der Waals surface area contributed by atoms with Crippen molar-refractivity contribution in [2.45, 2.75) is 6.92 Å². The van der Waals surface area contributed by atoms with Crippen LogP contribution in [0.4, 0.5) is 5.69 Å². The molecule has 0 radical (unpaired) electrons. The number of hydrogen-bond acceptors (Lipinski definition) is 4. The van der Waals surface area contributed by atoms with E-state index in [0.29, 0.717) is 23.1 Å². The number of esters is 1. The fourth-order valence-electron chi connectivity index (χ4n) is 0.970. The molecule has 0 aromatic heterocycles. The molecule has 0 unspecified atom stereocenters. The fraction of sp³-hybridized carbons (Fsp3) is 0.300. The van der Waals surface area contributed by atoms with E-state index in [0.717, 1.165) is 0 Å². The average molecular weight is 230 g/mol. The van der Waals surface area contributed by atoms with Crippen LogP contribution in [-0.2, 0) is 9.53 Å². The van der Waals surface area contributed by atoms with E-state index in [9.17, 15) is 4.79 Å². The van der Waals surface area contributed by atoms with Gasteiger partial charge in [0.2, 0.25) is 0 Å². The maximum atomic E-state index is 11.0. The molecule has 1 aromatic carbocycles. The van der Waals surface area contributed by atoms with Crippen molar-refractivity contribution in [3.05, 3.63) is 23.2 Å². The van der Waals surface area contributed by atoms with Crippen molar-refractivity contribution in [3.8, 4) is 5.75 Å². The molecule has 0 fully saturated rings. The lowest BCUT2D eigenvalue weighted by Crippen LogP contribution is -2.14. The molecule has 0 heterocycles. The van der Waals surface area contributed by atoms with Crippen LogP contribution in [0.3, 0.4) is 0 Å². The van der Waals surface area contributed by atoms with E-state index >= 15 is 0 Å². The van der Waals surface area contributed by atoms with Crippen LogP contribution in [0.25, 0.3) is 0 Å². The third-order valence-electron chi connectivity index (χ3n) is 1.61. The summed E-state index contributed by atoms with van der Waals surface area (Å²) >= 11 is 5.82. The molecule has 0 aliphatic rings. The SMILES string of the molecule is CCOC(=O)COc1cc(N)ccc1Cl. The Kier molecular flexibility index (Phi) is 4.24. The maximum Gasteiger partial charge on any atom is 0.344 e. The van der Waals surface area contributed by atoms with Gasteiger partial charge < -0.3 is 15.2 Å². The smallest absolute Gasteiger partial charge is 0.344 e. The quantitative estimate of drug-likeness (QED) is 0.633. The van der Waals surface area contributed by atoms with Crippen LogP contribution in [0.5, 0.6) is 5.75 Å². The summed E-state index contributed by atoms with van der Waals surface area (Å²) in [5, 5.41) is 0.411. The number of anilines is 1. The Morgan fingerprint density at radius 2 is 2.27 bits per heavy atom. The summed E-state index contributed by atoms with van der Waals surface area (Å²) in [5.41, 5.74) is 6.06. The van der Waals surface area contributed by atoms with Gasteiger partial charge in [0.25, 0.3) is 0 Å². The van der Waals surface area contributed by atoms with E-state index < -0.39 is 5.97 Å². The minimum Gasteiger partial charge on any atom is -0.480 e. The van der Waals surface area contributed by atoms with E-state index in [1.54, 1.807) is 25.1 Å². The fourth-order valence-corrected chi connectivity index (χ4v) is 1.14. The molecule has 1 aromatic rings. The zero-order valence-corrected chi connectivity index (χ0v) is 9.08. The van der Waals surface area contributed by atoms with Crippen molar-refractivity contribution in [3.63, 3.8) is 0 Å². The normalized spacial score (nSPS) is 9.73. The highest BCUT2D eigenvalue weighted by molar-refractivity contribution is 6.32. The number of hydrogen-bond donors (Lipinski definition) is 1. The van der Waals surface area contributed by atoms with Crippen LogP contribution in [0.1, 0.15) is 6.92 Å². The molecule has 0 saturated heterocycles. The number of halogens is 1. The van der Waals surface area contributed by atoms with Gasteiger partial charge in [-0.15, -0.1) is 0 Å². The second-order valence-electron chi connectivity index (χ2n) is 2.78. The lowest BCUT2D eigenvalue weighted by atomic mass is 10.3. The van der Waals surface area contributed by atoms with E-state index in [1.807, 2.05) is 0 Å². The first-order valence-electron chi connectivity index (χ1n) is 4.47. The van der Waals surface area contributed by atoms with Crippen LogP contribution >= 0.6 is 11.6 Å². The van der Waals surface area contributed by atoms with Gasteiger partial charge >= 0.3 is 5.97 Å². The Labute approximate surface area is 92.9 Å². The first-order valence-corrected chi connectivity index (χ1v) is 4.84. The molecule has 15 heavy (non-hydrogen) atoms. The molecule has 0 atom stereocenters. The minimum atomic E-state index is -0.434. The van der Waals surface area contributed by atoms with E-state index in [2.05, 4.69) is 0 Å². The molecular weight excluding hydrogens is 218 g/mol. The van der Waals surface area contributed by atoms with Gasteiger partial charge in [-0.25, -0.2) is 4.79 Å². The highest BCUT2D eigenvalue weighted by Gasteiger charge is 2.06. The zero-order chi connectivity index (χ0) is 11.3. The summed E-state index contributed by atoms with van der Waals surface area (Å²) < 4.78 is 9.84. The molecule has 0 spiro atoms. The summed E-state index contributed by atoms with van der Waals surface area (Å²) in [7, 11) is 0. The molecule has 0 aliphatic heterocycles. The lowest BCUT2D eigenvalue weighted by molar-refractivity contribution is -0.145. The molecule has 1 rings (SSSR count). The first-order chi connectivity index (χ1) is 7.13. The van der Waals surface area contributed by atoms with Crippen molar-refractivity contribution in [1.82, 2.24) is 0 Å². The average Bonchev–Trinajstić information content (AvgIpc) is 2.20. The molecule has 2 N–H and O–H groups in total. The molecule has 82 valence electrons. The van der Waals surface area contributed by atoms with Gasteiger partial charge in [-0.1, -0.05) is 11.6 Å². The predicted octanol–water partition coefficient (Wildman–Crippen LogP) is 1.86. The minimum absolute atomic E-state index is 0.170. The predicted molar refractivity (Wildman–Crippen MR) is 58.0 cm³/mol. The van der Waals surface area contributed by atoms with E-state index in [-0.39, 0.29) is 6.61 Å². The van der Waals surface area contributed by atoms with Gasteiger partial charge in [0.15, 0.2) is 6.61 Å². The highest BCUT2D eigenvalue weighted by atomic mass is 35.5. The third kappa shape index (κ3) is 3.67. The third-order valence-corrected chi connectivity index (χ3v) is 1.92. The molecule has 0 amide bonds. The van der Waals surface area contributed by atoms with Crippen LogP contribution < -0.4 is 10.5 Å². The number of ether oxygens (including phenoxy) is 2. The molecule has 0 saturated carbocycles. The molecule has 4 nitrogen and oxygen atoms in total. The highest BCUT2D eigenvalue weighted by Crippen LogP contribution is 2.26. The van der Waals surface area contributed by atoms with Crippen LogP contribution in [0, 0.1) is 0 Å². The Morgan fingerprint density at radius 1 is 1.53 bits per heavy atom. The first kappa shape index (κ1) is 11.7. The summed E-state index contributed by atoms with van der Waals surface area (Å²) in [6.45, 7) is 1.88. The van der Waals surface area contributed by atoms with Crippen molar-refractivity contribution >= 4 is 23.3 Å². The Balaban J connectivity index is 2.57. The van der Waals surface area contributed by atoms with Crippen molar-refractivity contribution in [1.29, 1.82) is 0 Å². The second-order valence-corrected chi connectivity index (χ2v) is 3.19. The van der Waals surface area contributed by atoms with Crippen LogP contribution in [0.2, 0.25) is 5.02 Å². The van der Waals surface area contributed by atoms with E-state index in [4.69, 9.17) is 26.8 Å². The van der Waals surface area contributed by atoms with Crippen molar-refractivity contribution in [2.24, 2.45) is 0 Å². The van der Waals surface area contributed by atoms with Crippen LogP contribution in [-0.4, -0.2) is 19.2 Å². The van der Waals surface area contributed by atoms with Crippen LogP contribution in [0.15, 0.2) is 18.2 Å².